The van der Waals surface area contributed by atoms with E-state index < -0.39 is 15.7 Å². The van der Waals surface area contributed by atoms with E-state index in [0.717, 1.165) is 25.7 Å². The summed E-state index contributed by atoms with van der Waals surface area (Å²) < 4.78 is 38.2. The Labute approximate surface area is 120 Å². The van der Waals surface area contributed by atoms with Crippen LogP contribution >= 0.6 is 0 Å². The van der Waals surface area contributed by atoms with Crippen molar-refractivity contribution in [3.05, 3.63) is 30.1 Å². The lowest BCUT2D eigenvalue weighted by atomic mass is 10.1. The van der Waals surface area contributed by atoms with Crippen molar-refractivity contribution in [2.24, 2.45) is 5.92 Å². The molecule has 1 aliphatic rings. The second-order valence-corrected chi connectivity index (χ2v) is 8.12. The number of piperidine rings is 1. The van der Waals surface area contributed by atoms with E-state index in [9.17, 15) is 12.8 Å². The molecule has 0 atom stereocenters. The van der Waals surface area contributed by atoms with Crippen molar-refractivity contribution >= 4 is 9.84 Å². The SMILES string of the molecule is CC(C)CN1CCC(S(=O)(=O)c2cccc(F)c2)CC1. The molecule has 1 fully saturated rings. The zero-order chi connectivity index (χ0) is 14.8. The van der Waals surface area contributed by atoms with E-state index in [4.69, 9.17) is 0 Å². The molecular weight excluding hydrogens is 277 g/mol. The van der Waals surface area contributed by atoms with E-state index in [1.165, 1.54) is 18.2 Å². The number of hydrogen-bond donors (Lipinski definition) is 0. The molecule has 0 aromatic heterocycles. The van der Waals surface area contributed by atoms with Gasteiger partial charge in [-0.1, -0.05) is 19.9 Å². The fourth-order valence-electron chi connectivity index (χ4n) is 2.75. The number of rotatable bonds is 4. The van der Waals surface area contributed by atoms with E-state index in [0.29, 0.717) is 18.8 Å². The minimum atomic E-state index is -3.40. The Morgan fingerprint density at radius 1 is 1.30 bits per heavy atom. The van der Waals surface area contributed by atoms with Gasteiger partial charge in [0, 0.05) is 6.54 Å². The van der Waals surface area contributed by atoms with Crippen molar-refractivity contribution < 1.29 is 12.8 Å². The van der Waals surface area contributed by atoms with Crippen LogP contribution in [0.1, 0.15) is 26.7 Å². The molecule has 0 amide bonds. The average Bonchev–Trinajstić information content (AvgIpc) is 2.38. The lowest BCUT2D eigenvalue weighted by Gasteiger charge is -2.32. The van der Waals surface area contributed by atoms with Crippen molar-refractivity contribution in [1.29, 1.82) is 0 Å². The number of sulfone groups is 1. The van der Waals surface area contributed by atoms with Crippen LogP contribution in [0.4, 0.5) is 4.39 Å². The molecule has 5 heteroatoms. The summed E-state index contributed by atoms with van der Waals surface area (Å²) in [6.45, 7) is 6.94. The van der Waals surface area contributed by atoms with Crippen LogP contribution in [0.2, 0.25) is 0 Å². The summed E-state index contributed by atoms with van der Waals surface area (Å²) in [5.74, 6) is 0.0923. The standard InChI is InChI=1S/C15H22FNO2S/c1-12(2)11-17-8-6-14(7-9-17)20(18,19)15-5-3-4-13(16)10-15/h3-5,10,12,14H,6-9,11H2,1-2H3. The van der Waals surface area contributed by atoms with Crippen LogP contribution in [0.5, 0.6) is 0 Å². The van der Waals surface area contributed by atoms with E-state index in [1.807, 2.05) is 0 Å². The second kappa shape index (κ2) is 6.22. The monoisotopic (exact) mass is 299 g/mol. The predicted molar refractivity (Wildman–Crippen MR) is 77.9 cm³/mol. The average molecular weight is 299 g/mol. The molecule has 2 rings (SSSR count). The summed E-state index contributed by atoms with van der Waals surface area (Å²) >= 11 is 0. The minimum absolute atomic E-state index is 0.111. The summed E-state index contributed by atoms with van der Waals surface area (Å²) in [7, 11) is -3.40. The van der Waals surface area contributed by atoms with E-state index in [2.05, 4.69) is 18.7 Å². The van der Waals surface area contributed by atoms with Crippen LogP contribution < -0.4 is 0 Å². The van der Waals surface area contributed by atoms with Gasteiger partial charge < -0.3 is 4.90 Å². The fourth-order valence-corrected chi connectivity index (χ4v) is 4.52. The molecule has 1 aromatic rings. The molecule has 0 radical (unpaired) electrons. The van der Waals surface area contributed by atoms with Gasteiger partial charge in [0.2, 0.25) is 0 Å². The summed E-state index contributed by atoms with van der Waals surface area (Å²) in [5.41, 5.74) is 0. The molecule has 20 heavy (non-hydrogen) atoms. The van der Waals surface area contributed by atoms with Crippen LogP contribution in [-0.4, -0.2) is 38.2 Å². The van der Waals surface area contributed by atoms with Gasteiger partial charge in [0.1, 0.15) is 5.82 Å². The van der Waals surface area contributed by atoms with Crippen molar-refractivity contribution in [1.82, 2.24) is 4.90 Å². The van der Waals surface area contributed by atoms with Crippen molar-refractivity contribution in [3.8, 4) is 0 Å². The highest BCUT2D eigenvalue weighted by Gasteiger charge is 2.31. The Kier molecular flexibility index (Phi) is 4.81. The van der Waals surface area contributed by atoms with Gasteiger partial charge in [-0.15, -0.1) is 0 Å². The highest BCUT2D eigenvalue weighted by molar-refractivity contribution is 7.92. The Hall–Kier alpha value is -0.940. The fraction of sp³-hybridized carbons (Fsp3) is 0.600. The van der Waals surface area contributed by atoms with Crippen molar-refractivity contribution in [2.45, 2.75) is 36.8 Å². The molecule has 1 aliphatic heterocycles. The van der Waals surface area contributed by atoms with E-state index >= 15 is 0 Å². The van der Waals surface area contributed by atoms with Crippen LogP contribution in [0, 0.1) is 11.7 Å². The van der Waals surface area contributed by atoms with Crippen molar-refractivity contribution in [2.75, 3.05) is 19.6 Å². The summed E-state index contributed by atoms with van der Waals surface area (Å²) in [6.07, 6.45) is 1.26. The van der Waals surface area contributed by atoms with Gasteiger partial charge in [0.05, 0.1) is 10.1 Å². The maximum absolute atomic E-state index is 13.2. The zero-order valence-electron chi connectivity index (χ0n) is 12.0. The van der Waals surface area contributed by atoms with Gasteiger partial charge in [0.15, 0.2) is 9.84 Å². The van der Waals surface area contributed by atoms with E-state index in [-0.39, 0.29) is 10.1 Å². The predicted octanol–water partition coefficient (Wildman–Crippen LogP) is 2.72. The normalized spacial score (nSPS) is 18.6. The molecule has 0 saturated carbocycles. The van der Waals surface area contributed by atoms with Crippen LogP contribution in [0.3, 0.4) is 0 Å². The molecule has 1 aromatic carbocycles. The number of hydrogen-bond acceptors (Lipinski definition) is 3. The Morgan fingerprint density at radius 2 is 1.95 bits per heavy atom. The third-order valence-corrected chi connectivity index (χ3v) is 5.98. The lowest BCUT2D eigenvalue weighted by Crippen LogP contribution is -2.40. The highest BCUT2D eigenvalue weighted by Crippen LogP contribution is 2.25. The van der Waals surface area contributed by atoms with Crippen LogP contribution in [0.15, 0.2) is 29.2 Å². The highest BCUT2D eigenvalue weighted by atomic mass is 32.2. The summed E-state index contributed by atoms with van der Waals surface area (Å²) in [4.78, 5) is 2.42. The van der Waals surface area contributed by atoms with Gasteiger partial charge in [-0.2, -0.15) is 0 Å². The number of nitrogens with zero attached hydrogens (tertiary/aromatic N) is 1. The maximum Gasteiger partial charge on any atom is 0.181 e. The van der Waals surface area contributed by atoms with Gasteiger partial charge in [-0.25, -0.2) is 12.8 Å². The molecule has 112 valence electrons. The smallest absolute Gasteiger partial charge is 0.181 e. The molecule has 3 nitrogen and oxygen atoms in total. The molecule has 0 aliphatic carbocycles. The van der Waals surface area contributed by atoms with Gasteiger partial charge in [-0.3, -0.25) is 0 Å². The third kappa shape index (κ3) is 3.58. The molecule has 0 bridgehead atoms. The number of benzene rings is 1. The number of likely N-dealkylation sites (tertiary alicyclic amines) is 1. The molecule has 1 saturated heterocycles. The first kappa shape index (κ1) is 15.4. The molecular formula is C15H22FNO2S. The molecule has 0 unspecified atom stereocenters. The quantitative estimate of drug-likeness (QED) is 0.858. The molecule has 1 heterocycles. The first-order valence-electron chi connectivity index (χ1n) is 7.11. The number of halogens is 1. The van der Waals surface area contributed by atoms with Gasteiger partial charge in [-0.05, 0) is 50.0 Å². The Balaban J connectivity index is 2.06. The largest absolute Gasteiger partial charge is 0.303 e. The van der Waals surface area contributed by atoms with Gasteiger partial charge in [0.25, 0.3) is 0 Å². The topological polar surface area (TPSA) is 37.4 Å². The van der Waals surface area contributed by atoms with Crippen LogP contribution in [0.25, 0.3) is 0 Å². The first-order valence-corrected chi connectivity index (χ1v) is 8.66. The first-order chi connectivity index (χ1) is 9.39. The zero-order valence-corrected chi connectivity index (χ0v) is 12.9. The molecule has 0 spiro atoms. The molecule has 0 N–H and O–H groups in total. The summed E-state index contributed by atoms with van der Waals surface area (Å²) in [5, 5.41) is -0.382. The Morgan fingerprint density at radius 3 is 2.50 bits per heavy atom. The van der Waals surface area contributed by atoms with E-state index in [1.54, 1.807) is 0 Å². The minimum Gasteiger partial charge on any atom is -0.303 e. The van der Waals surface area contributed by atoms with Gasteiger partial charge >= 0.3 is 0 Å². The third-order valence-electron chi connectivity index (χ3n) is 3.72. The summed E-state index contributed by atoms with van der Waals surface area (Å²) in [6, 6.07) is 5.33. The lowest BCUT2D eigenvalue weighted by molar-refractivity contribution is 0.207. The van der Waals surface area contributed by atoms with Crippen LogP contribution in [-0.2, 0) is 9.84 Å². The maximum atomic E-state index is 13.2. The van der Waals surface area contributed by atoms with Crippen molar-refractivity contribution in [3.63, 3.8) is 0 Å². The second-order valence-electron chi connectivity index (χ2n) is 5.90. The Bertz CT molecular complexity index is 549.